The van der Waals surface area contributed by atoms with Crippen LogP contribution in [0.1, 0.15) is 30.0 Å². The van der Waals surface area contributed by atoms with Gasteiger partial charge in [0, 0.05) is 24.3 Å². The summed E-state index contributed by atoms with van der Waals surface area (Å²) < 4.78 is 5.42. The number of benzene rings is 2. The Bertz CT molecular complexity index is 928. The van der Waals surface area contributed by atoms with Crippen molar-refractivity contribution in [2.24, 2.45) is 0 Å². The molecule has 0 N–H and O–H groups in total. The van der Waals surface area contributed by atoms with Gasteiger partial charge in [-0.2, -0.15) is 0 Å². The Balaban J connectivity index is 1.82. The highest BCUT2D eigenvalue weighted by Gasteiger charge is 2.59. The lowest BCUT2D eigenvalue weighted by atomic mass is 10.0. The summed E-state index contributed by atoms with van der Waals surface area (Å²) in [6, 6.07) is 13.9. The summed E-state index contributed by atoms with van der Waals surface area (Å²) in [6.07, 6.45) is 0.382. The number of hydrogen-bond donors (Lipinski definition) is 0. The molecule has 2 amide bonds. The van der Waals surface area contributed by atoms with Crippen LogP contribution in [-0.4, -0.2) is 36.1 Å². The van der Waals surface area contributed by atoms with Gasteiger partial charge in [-0.3, -0.25) is 9.59 Å². The predicted octanol–water partition coefficient (Wildman–Crippen LogP) is 3.69. The number of carbonyl (C=O) groups excluding carboxylic acids is 2. The normalized spacial score (nSPS) is 20.8. The van der Waals surface area contributed by atoms with Crippen LogP contribution < -0.4 is 9.64 Å². The number of anilines is 1. The standard InChI is InChI=1S/C22H24N2O3S/c1-4-20(25)24-11-12-28-22(24)18-13-17(27-3)9-10-19(18)23(21(22)26)14-16-7-5-15(2)6-8-16/h5-10,13H,4,11-12,14H2,1-3H3. The zero-order valence-corrected chi connectivity index (χ0v) is 17.2. The highest BCUT2D eigenvalue weighted by molar-refractivity contribution is 8.01. The lowest BCUT2D eigenvalue weighted by Gasteiger charge is -2.33. The van der Waals surface area contributed by atoms with Crippen molar-refractivity contribution >= 4 is 29.3 Å². The molecule has 0 bridgehead atoms. The molecule has 1 spiro atoms. The molecule has 1 saturated heterocycles. The molecule has 2 aromatic carbocycles. The Morgan fingerprint density at radius 2 is 1.96 bits per heavy atom. The quantitative estimate of drug-likeness (QED) is 0.791. The van der Waals surface area contributed by atoms with Crippen molar-refractivity contribution in [2.45, 2.75) is 31.7 Å². The molecule has 0 aliphatic carbocycles. The highest BCUT2D eigenvalue weighted by Crippen LogP contribution is 2.55. The fraction of sp³-hybridized carbons (Fsp3) is 0.364. The third-order valence-electron chi connectivity index (χ3n) is 5.47. The van der Waals surface area contributed by atoms with Crippen LogP contribution in [-0.2, 0) is 21.0 Å². The van der Waals surface area contributed by atoms with Gasteiger partial charge in [0.25, 0.3) is 5.91 Å². The van der Waals surface area contributed by atoms with E-state index in [9.17, 15) is 9.59 Å². The topological polar surface area (TPSA) is 49.9 Å². The number of amides is 2. The first kappa shape index (κ1) is 18.9. The molecule has 1 fully saturated rings. The van der Waals surface area contributed by atoms with Gasteiger partial charge >= 0.3 is 0 Å². The molecular formula is C22H24N2O3S. The molecule has 28 heavy (non-hydrogen) atoms. The van der Waals surface area contributed by atoms with Crippen LogP contribution >= 0.6 is 11.8 Å². The van der Waals surface area contributed by atoms with Crippen molar-refractivity contribution in [3.63, 3.8) is 0 Å². The first-order chi connectivity index (χ1) is 13.5. The van der Waals surface area contributed by atoms with Crippen LogP contribution in [0.2, 0.25) is 0 Å². The Kier molecular flexibility index (Phi) is 4.83. The number of thioether (sulfide) groups is 1. The maximum absolute atomic E-state index is 13.8. The molecule has 2 aliphatic rings. The van der Waals surface area contributed by atoms with E-state index in [-0.39, 0.29) is 11.8 Å². The molecular weight excluding hydrogens is 372 g/mol. The minimum Gasteiger partial charge on any atom is -0.497 e. The van der Waals surface area contributed by atoms with E-state index in [1.807, 2.05) is 49.1 Å². The predicted molar refractivity (Wildman–Crippen MR) is 112 cm³/mol. The summed E-state index contributed by atoms with van der Waals surface area (Å²) >= 11 is 1.55. The maximum Gasteiger partial charge on any atom is 0.268 e. The lowest BCUT2D eigenvalue weighted by molar-refractivity contribution is -0.139. The average Bonchev–Trinajstić information content (AvgIpc) is 3.26. The third kappa shape index (κ3) is 2.78. The molecule has 0 aromatic heterocycles. The molecule has 2 aliphatic heterocycles. The van der Waals surface area contributed by atoms with Crippen molar-refractivity contribution in [3.05, 3.63) is 59.2 Å². The van der Waals surface area contributed by atoms with Gasteiger partial charge in [0.15, 0.2) is 4.87 Å². The summed E-state index contributed by atoms with van der Waals surface area (Å²) in [5, 5.41) is 0. The maximum atomic E-state index is 13.8. The molecule has 1 atom stereocenters. The molecule has 5 nitrogen and oxygen atoms in total. The van der Waals surface area contributed by atoms with Gasteiger partial charge in [-0.1, -0.05) is 36.8 Å². The number of ether oxygens (including phenoxy) is 1. The highest BCUT2D eigenvalue weighted by atomic mass is 32.2. The molecule has 2 aromatic rings. The number of carbonyl (C=O) groups is 2. The van der Waals surface area contributed by atoms with Gasteiger partial charge in [0.2, 0.25) is 5.91 Å². The molecule has 4 rings (SSSR count). The first-order valence-corrected chi connectivity index (χ1v) is 10.5. The van der Waals surface area contributed by atoms with Crippen molar-refractivity contribution < 1.29 is 14.3 Å². The van der Waals surface area contributed by atoms with E-state index in [1.54, 1.807) is 23.8 Å². The Morgan fingerprint density at radius 1 is 1.21 bits per heavy atom. The van der Waals surface area contributed by atoms with Crippen molar-refractivity contribution in [2.75, 3.05) is 24.3 Å². The van der Waals surface area contributed by atoms with Crippen LogP contribution in [0.25, 0.3) is 0 Å². The van der Waals surface area contributed by atoms with Gasteiger partial charge in [0.05, 0.1) is 19.3 Å². The monoisotopic (exact) mass is 396 g/mol. The smallest absolute Gasteiger partial charge is 0.268 e. The fourth-order valence-electron chi connectivity index (χ4n) is 4.00. The van der Waals surface area contributed by atoms with Gasteiger partial charge in [-0.05, 0) is 30.7 Å². The van der Waals surface area contributed by atoms with E-state index in [1.165, 1.54) is 5.56 Å². The van der Waals surface area contributed by atoms with E-state index < -0.39 is 4.87 Å². The molecule has 0 saturated carbocycles. The second-order valence-corrected chi connectivity index (χ2v) is 8.44. The number of aryl methyl sites for hydroxylation is 1. The lowest BCUT2D eigenvalue weighted by Crippen LogP contribution is -2.50. The van der Waals surface area contributed by atoms with Crippen molar-refractivity contribution in [3.8, 4) is 5.75 Å². The van der Waals surface area contributed by atoms with E-state index >= 15 is 0 Å². The second-order valence-electron chi connectivity index (χ2n) is 7.15. The summed E-state index contributed by atoms with van der Waals surface area (Å²) in [5.74, 6) is 1.40. The van der Waals surface area contributed by atoms with Crippen LogP contribution in [0.5, 0.6) is 5.75 Å². The summed E-state index contributed by atoms with van der Waals surface area (Å²) in [5.41, 5.74) is 3.96. The number of rotatable bonds is 4. The largest absolute Gasteiger partial charge is 0.497 e. The van der Waals surface area contributed by atoms with E-state index in [0.717, 1.165) is 22.6 Å². The van der Waals surface area contributed by atoms with E-state index in [2.05, 4.69) is 12.1 Å². The number of methoxy groups -OCH3 is 1. The van der Waals surface area contributed by atoms with Gasteiger partial charge < -0.3 is 14.5 Å². The third-order valence-corrected chi connectivity index (χ3v) is 6.88. The Hall–Kier alpha value is -2.47. The van der Waals surface area contributed by atoms with Crippen molar-refractivity contribution in [1.29, 1.82) is 0 Å². The summed E-state index contributed by atoms with van der Waals surface area (Å²) in [7, 11) is 1.62. The van der Waals surface area contributed by atoms with Crippen LogP contribution in [0.4, 0.5) is 5.69 Å². The Labute approximate surface area is 169 Å². The molecule has 2 heterocycles. The van der Waals surface area contributed by atoms with Gasteiger partial charge in [-0.15, -0.1) is 11.8 Å². The average molecular weight is 397 g/mol. The van der Waals surface area contributed by atoms with E-state index in [0.29, 0.717) is 25.3 Å². The van der Waals surface area contributed by atoms with E-state index in [4.69, 9.17) is 4.74 Å². The zero-order valence-electron chi connectivity index (χ0n) is 16.4. The fourth-order valence-corrected chi connectivity index (χ4v) is 5.47. The molecule has 1 unspecified atom stereocenters. The number of nitrogens with zero attached hydrogens (tertiary/aromatic N) is 2. The van der Waals surface area contributed by atoms with Crippen LogP contribution in [0.15, 0.2) is 42.5 Å². The minimum absolute atomic E-state index is 0.00399. The summed E-state index contributed by atoms with van der Waals surface area (Å²) in [6.45, 7) is 4.95. The first-order valence-electron chi connectivity index (χ1n) is 9.51. The van der Waals surface area contributed by atoms with Crippen molar-refractivity contribution in [1.82, 2.24) is 4.90 Å². The molecule has 6 heteroatoms. The zero-order chi connectivity index (χ0) is 19.9. The van der Waals surface area contributed by atoms with Crippen LogP contribution in [0.3, 0.4) is 0 Å². The van der Waals surface area contributed by atoms with Gasteiger partial charge in [-0.25, -0.2) is 0 Å². The number of fused-ring (bicyclic) bond motifs is 2. The minimum atomic E-state index is -0.984. The summed E-state index contributed by atoms with van der Waals surface area (Å²) in [4.78, 5) is 29.0. The second kappa shape index (κ2) is 7.17. The van der Waals surface area contributed by atoms with Gasteiger partial charge in [0.1, 0.15) is 5.75 Å². The SMILES string of the molecule is CCC(=O)N1CCSC12C(=O)N(Cc1ccc(C)cc1)c1ccc(OC)cc12. The number of hydrogen-bond acceptors (Lipinski definition) is 4. The Morgan fingerprint density at radius 3 is 2.64 bits per heavy atom. The molecule has 0 radical (unpaired) electrons. The van der Waals surface area contributed by atoms with Crippen LogP contribution in [0, 0.1) is 6.92 Å². The molecule has 146 valence electrons.